The highest BCUT2D eigenvalue weighted by atomic mass is 35.5. The number of hydrogen-bond donors (Lipinski definition) is 2. The lowest BCUT2D eigenvalue weighted by Gasteiger charge is -2.68. The summed E-state index contributed by atoms with van der Waals surface area (Å²) >= 11 is 13.3. The number of hydrogen-bond acceptors (Lipinski definition) is 8. The van der Waals surface area contributed by atoms with Crippen molar-refractivity contribution in [2.75, 3.05) is 38.7 Å². The molecular formula is C26H29Cl2FN6O3. The lowest BCUT2D eigenvalue weighted by molar-refractivity contribution is -0.265. The molecule has 0 amide bonds. The third-order valence-corrected chi connectivity index (χ3v) is 9.64. The van der Waals surface area contributed by atoms with Crippen molar-refractivity contribution in [2.24, 2.45) is 0 Å². The first-order valence-electron chi connectivity index (χ1n) is 13.0. The third-order valence-electron chi connectivity index (χ3n) is 8.95. The van der Waals surface area contributed by atoms with Gasteiger partial charge in [-0.3, -0.25) is 4.90 Å². The largest absolute Gasteiger partial charge is 0.389 e. The number of aliphatic hydroxyl groups excluding tert-OH is 1. The van der Waals surface area contributed by atoms with E-state index in [1.807, 2.05) is 15.6 Å². The minimum atomic E-state index is -1.12. The number of halogens is 3. The highest BCUT2D eigenvalue weighted by molar-refractivity contribution is 6.32. The number of likely N-dealkylation sites (tertiary alicyclic amines) is 1. The number of benzene rings is 1. The fourth-order valence-corrected chi connectivity index (χ4v) is 7.46. The quantitative estimate of drug-likeness (QED) is 0.464. The third kappa shape index (κ3) is 3.83. The van der Waals surface area contributed by atoms with E-state index in [2.05, 4.69) is 20.4 Å². The summed E-state index contributed by atoms with van der Waals surface area (Å²) in [6.07, 6.45) is 5.02. The van der Waals surface area contributed by atoms with Crippen molar-refractivity contribution >= 4 is 45.7 Å². The number of fused-ring (bicyclic) bond motifs is 1. The molecule has 3 aliphatic carbocycles. The number of nitrogens with one attached hydrogen (secondary N) is 1. The molecule has 4 atom stereocenters. The molecule has 4 unspecified atom stereocenters. The second-order valence-electron chi connectivity index (χ2n) is 11.2. The molecule has 5 fully saturated rings. The van der Waals surface area contributed by atoms with Crippen LogP contribution in [0.3, 0.4) is 0 Å². The monoisotopic (exact) mass is 562 g/mol. The minimum absolute atomic E-state index is 0.00921. The van der Waals surface area contributed by atoms with Gasteiger partial charge < -0.3 is 19.9 Å². The Morgan fingerprint density at radius 1 is 1.21 bits per heavy atom. The summed E-state index contributed by atoms with van der Waals surface area (Å²) < 4.78 is 28.3. The molecule has 38 heavy (non-hydrogen) atoms. The zero-order valence-electron chi connectivity index (χ0n) is 20.9. The second-order valence-corrected chi connectivity index (χ2v) is 12.0. The first-order chi connectivity index (χ1) is 18.3. The molecule has 5 aliphatic rings. The lowest BCUT2D eigenvalue weighted by atomic mass is 9.46. The number of aliphatic hydroxyl groups is 1. The van der Waals surface area contributed by atoms with E-state index in [-0.39, 0.29) is 29.6 Å². The Kier molecular flexibility index (Phi) is 5.88. The molecule has 2 aliphatic heterocycles. The van der Waals surface area contributed by atoms with Crippen LogP contribution in [0.4, 0.5) is 16.0 Å². The van der Waals surface area contributed by atoms with Crippen molar-refractivity contribution < 1.29 is 19.0 Å². The summed E-state index contributed by atoms with van der Waals surface area (Å²) in [5, 5.41) is 19.7. The zero-order valence-corrected chi connectivity index (χ0v) is 22.4. The number of aromatic nitrogens is 4. The summed E-state index contributed by atoms with van der Waals surface area (Å²) in [6.45, 7) is 1.63. The Morgan fingerprint density at radius 2 is 2.03 bits per heavy atom. The number of rotatable bonds is 6. The van der Waals surface area contributed by atoms with E-state index in [1.165, 1.54) is 0 Å². The summed E-state index contributed by atoms with van der Waals surface area (Å²) in [5.41, 5.74) is 1.96. The van der Waals surface area contributed by atoms with E-state index in [4.69, 9.17) is 32.7 Å². The standard InChI is InChI=1S/C26H29Cl2FN6O3/c1-37-26-11-25(12-26,13-26)35-23(28)20(7-31-35)33-24-30-6-14-4-17(27)16(5-19(14)32-24)15-2-3-34(8-18(15)29)21-9-38-10-22(21)36/h4-7,15,18,21-22,36H,2-3,8-13H2,1H3,(H,30,32,33). The highest BCUT2D eigenvalue weighted by Crippen LogP contribution is 2.67. The van der Waals surface area contributed by atoms with Gasteiger partial charge >= 0.3 is 0 Å². The minimum Gasteiger partial charge on any atom is -0.389 e. The first-order valence-corrected chi connectivity index (χ1v) is 13.7. The van der Waals surface area contributed by atoms with Crippen molar-refractivity contribution in [1.29, 1.82) is 0 Å². The van der Waals surface area contributed by atoms with E-state index in [9.17, 15) is 5.11 Å². The fourth-order valence-electron chi connectivity index (χ4n) is 6.83. The van der Waals surface area contributed by atoms with Crippen molar-refractivity contribution in [3.63, 3.8) is 0 Å². The molecule has 8 rings (SSSR count). The summed E-state index contributed by atoms with van der Waals surface area (Å²) in [7, 11) is 1.75. The molecule has 4 heterocycles. The van der Waals surface area contributed by atoms with Crippen molar-refractivity contribution in [2.45, 2.75) is 61.1 Å². The molecule has 12 heteroatoms. The molecule has 9 nitrogen and oxygen atoms in total. The Bertz CT molecular complexity index is 1390. The fraction of sp³-hybridized carbons (Fsp3) is 0.577. The van der Waals surface area contributed by atoms with Gasteiger partial charge in [-0.1, -0.05) is 23.2 Å². The van der Waals surface area contributed by atoms with Crippen LogP contribution in [0.15, 0.2) is 24.5 Å². The van der Waals surface area contributed by atoms with Gasteiger partial charge in [0.1, 0.15) is 6.17 Å². The predicted molar refractivity (Wildman–Crippen MR) is 141 cm³/mol. The van der Waals surface area contributed by atoms with Gasteiger partial charge in [-0.25, -0.2) is 19.0 Å². The molecule has 3 saturated carbocycles. The average Bonchev–Trinajstić information content (AvgIpc) is 3.44. The van der Waals surface area contributed by atoms with Gasteiger partial charge in [-0.2, -0.15) is 5.10 Å². The van der Waals surface area contributed by atoms with Crippen molar-refractivity contribution in [3.05, 3.63) is 40.3 Å². The van der Waals surface area contributed by atoms with E-state index in [0.29, 0.717) is 53.5 Å². The van der Waals surface area contributed by atoms with E-state index >= 15 is 4.39 Å². The molecule has 3 aromatic rings. The van der Waals surface area contributed by atoms with Crippen LogP contribution in [0.25, 0.3) is 10.9 Å². The number of alkyl halides is 1. The van der Waals surface area contributed by atoms with E-state index in [0.717, 1.165) is 30.2 Å². The maximum absolute atomic E-state index is 15.4. The molecule has 202 valence electrons. The van der Waals surface area contributed by atoms with Crippen LogP contribution in [0.1, 0.15) is 37.2 Å². The van der Waals surface area contributed by atoms with Gasteiger partial charge in [-0.05, 0) is 30.7 Å². The van der Waals surface area contributed by atoms with Gasteiger partial charge in [0.25, 0.3) is 0 Å². The smallest absolute Gasteiger partial charge is 0.227 e. The second kappa shape index (κ2) is 8.97. The van der Waals surface area contributed by atoms with Gasteiger partial charge in [0, 0.05) is 55.4 Å². The zero-order chi connectivity index (χ0) is 26.2. The first kappa shape index (κ1) is 24.9. The van der Waals surface area contributed by atoms with Crippen LogP contribution in [0.2, 0.25) is 10.2 Å². The Labute approximate surface area is 229 Å². The molecule has 1 aromatic carbocycles. The molecule has 2 bridgehead atoms. The molecule has 2 N–H and O–H groups in total. The van der Waals surface area contributed by atoms with Gasteiger partial charge in [0.2, 0.25) is 5.95 Å². The van der Waals surface area contributed by atoms with Gasteiger partial charge in [0.15, 0.2) is 5.15 Å². The predicted octanol–water partition coefficient (Wildman–Crippen LogP) is 4.04. The van der Waals surface area contributed by atoms with Crippen LogP contribution in [0.5, 0.6) is 0 Å². The van der Waals surface area contributed by atoms with Crippen LogP contribution < -0.4 is 5.32 Å². The number of anilines is 2. The molecule has 0 spiro atoms. The van der Waals surface area contributed by atoms with Gasteiger partial charge in [-0.15, -0.1) is 0 Å². The van der Waals surface area contributed by atoms with E-state index < -0.39 is 12.3 Å². The number of ether oxygens (including phenoxy) is 2. The van der Waals surface area contributed by atoms with Crippen molar-refractivity contribution in [3.8, 4) is 0 Å². The number of nitrogens with zero attached hydrogens (tertiary/aromatic N) is 5. The molecule has 2 saturated heterocycles. The van der Waals surface area contributed by atoms with Crippen LogP contribution in [0, 0.1) is 0 Å². The normalized spacial score (nSPS) is 34.8. The summed E-state index contributed by atoms with van der Waals surface area (Å²) in [4.78, 5) is 11.1. The highest BCUT2D eigenvalue weighted by Gasteiger charge is 2.71. The Balaban J connectivity index is 1.10. The van der Waals surface area contributed by atoms with Gasteiger partial charge in [0.05, 0.1) is 53.9 Å². The topological polar surface area (TPSA) is 97.6 Å². The maximum Gasteiger partial charge on any atom is 0.227 e. The summed E-state index contributed by atoms with van der Waals surface area (Å²) in [5.74, 6) is 0.0186. The van der Waals surface area contributed by atoms with E-state index in [1.54, 1.807) is 25.6 Å². The molecular weight excluding hydrogens is 534 g/mol. The Hall–Kier alpha value is -2.08. The molecule has 2 aromatic heterocycles. The van der Waals surface area contributed by atoms with Crippen LogP contribution >= 0.6 is 23.2 Å². The lowest BCUT2D eigenvalue weighted by Crippen LogP contribution is -2.73. The van der Waals surface area contributed by atoms with Crippen molar-refractivity contribution in [1.82, 2.24) is 24.6 Å². The average molecular weight is 563 g/mol. The molecule has 0 radical (unpaired) electrons. The summed E-state index contributed by atoms with van der Waals surface area (Å²) in [6, 6.07) is 3.50. The van der Waals surface area contributed by atoms with Crippen LogP contribution in [-0.4, -0.2) is 87.1 Å². The maximum atomic E-state index is 15.4. The SMILES string of the molecule is COC12CC(n3ncc(Nc4ncc5cc(Cl)c(C6CCN(C7COCC7O)CC6F)cc5n4)c3Cl)(C1)C2. The number of methoxy groups -OCH3 is 1. The number of piperidine rings is 1. The Morgan fingerprint density at radius 3 is 2.74 bits per heavy atom. The van der Waals surface area contributed by atoms with Crippen LogP contribution in [-0.2, 0) is 15.0 Å².